The maximum atomic E-state index is 12.5. The number of methoxy groups -OCH3 is 1. The standard InChI is InChI=1S/C17H24N2O4/c1-18(11-14-7-4-3-5-8-14)15(20)12-19-10-6-9-17(19,13-23-2)16(21)22/h3-5,7-8H,6,9-13H2,1-2H3,(H,21,22). The fourth-order valence-electron chi connectivity index (χ4n) is 3.10. The number of carboxylic acids is 1. The molecule has 1 saturated heterocycles. The Hall–Kier alpha value is -1.92. The molecule has 0 radical (unpaired) electrons. The smallest absolute Gasteiger partial charge is 0.326 e. The van der Waals surface area contributed by atoms with Crippen LogP contribution in [-0.4, -0.2) is 66.2 Å². The average molecular weight is 320 g/mol. The Labute approximate surface area is 136 Å². The number of likely N-dealkylation sites (tertiary alicyclic amines) is 1. The van der Waals surface area contributed by atoms with Gasteiger partial charge in [-0.2, -0.15) is 0 Å². The molecule has 0 bridgehead atoms. The van der Waals surface area contributed by atoms with Crippen LogP contribution in [0.1, 0.15) is 18.4 Å². The van der Waals surface area contributed by atoms with Crippen LogP contribution >= 0.6 is 0 Å². The van der Waals surface area contributed by atoms with E-state index < -0.39 is 11.5 Å². The average Bonchev–Trinajstić information content (AvgIpc) is 2.92. The van der Waals surface area contributed by atoms with E-state index in [0.29, 0.717) is 19.5 Å². The van der Waals surface area contributed by atoms with Crippen molar-refractivity contribution >= 4 is 11.9 Å². The Morgan fingerprint density at radius 3 is 2.65 bits per heavy atom. The van der Waals surface area contributed by atoms with Crippen molar-refractivity contribution in [1.82, 2.24) is 9.80 Å². The number of rotatable bonds is 7. The number of hydrogen-bond donors (Lipinski definition) is 1. The lowest BCUT2D eigenvalue weighted by Crippen LogP contribution is -2.56. The molecule has 1 unspecified atom stereocenters. The van der Waals surface area contributed by atoms with E-state index >= 15 is 0 Å². The Kier molecular flexibility index (Phi) is 5.74. The predicted octanol–water partition coefficient (Wildman–Crippen LogP) is 1.21. The van der Waals surface area contributed by atoms with Crippen LogP contribution in [0.2, 0.25) is 0 Å². The molecule has 1 aliphatic heterocycles. The van der Waals surface area contributed by atoms with E-state index in [9.17, 15) is 14.7 Å². The lowest BCUT2D eigenvalue weighted by Gasteiger charge is -2.34. The van der Waals surface area contributed by atoms with E-state index in [1.54, 1.807) is 16.8 Å². The second kappa shape index (κ2) is 7.57. The molecule has 0 saturated carbocycles. The van der Waals surface area contributed by atoms with Crippen molar-refractivity contribution in [2.24, 2.45) is 0 Å². The molecule has 1 fully saturated rings. The SMILES string of the molecule is COCC1(C(=O)O)CCCN1CC(=O)N(C)Cc1ccccc1. The summed E-state index contributed by atoms with van der Waals surface area (Å²) < 4.78 is 5.11. The summed E-state index contributed by atoms with van der Waals surface area (Å²) in [6.45, 7) is 1.30. The second-order valence-corrected chi connectivity index (χ2v) is 6.03. The Balaban J connectivity index is 2.02. The van der Waals surface area contributed by atoms with E-state index in [2.05, 4.69) is 0 Å². The van der Waals surface area contributed by atoms with Crippen LogP contribution in [0.15, 0.2) is 30.3 Å². The van der Waals surface area contributed by atoms with Crippen LogP contribution in [0.25, 0.3) is 0 Å². The first-order valence-electron chi connectivity index (χ1n) is 7.75. The van der Waals surface area contributed by atoms with E-state index in [4.69, 9.17) is 4.74 Å². The number of amides is 1. The van der Waals surface area contributed by atoms with Gasteiger partial charge in [0, 0.05) is 20.7 Å². The highest BCUT2D eigenvalue weighted by Crippen LogP contribution is 2.30. The minimum absolute atomic E-state index is 0.0857. The third kappa shape index (κ3) is 3.89. The van der Waals surface area contributed by atoms with Crippen molar-refractivity contribution in [2.75, 3.05) is 33.9 Å². The van der Waals surface area contributed by atoms with Crippen LogP contribution in [0.4, 0.5) is 0 Å². The monoisotopic (exact) mass is 320 g/mol. The topological polar surface area (TPSA) is 70.1 Å². The zero-order valence-electron chi connectivity index (χ0n) is 13.7. The molecule has 6 nitrogen and oxygen atoms in total. The van der Waals surface area contributed by atoms with Gasteiger partial charge in [-0.25, -0.2) is 0 Å². The summed E-state index contributed by atoms with van der Waals surface area (Å²) in [5.41, 5.74) is -0.0379. The van der Waals surface area contributed by atoms with Crippen molar-refractivity contribution in [2.45, 2.75) is 24.9 Å². The van der Waals surface area contributed by atoms with Gasteiger partial charge in [-0.15, -0.1) is 0 Å². The number of benzene rings is 1. The van der Waals surface area contributed by atoms with Crippen LogP contribution < -0.4 is 0 Å². The summed E-state index contributed by atoms with van der Waals surface area (Å²) in [5, 5.41) is 9.61. The molecule has 0 aliphatic carbocycles. The van der Waals surface area contributed by atoms with E-state index in [1.807, 2.05) is 30.3 Å². The first-order chi connectivity index (χ1) is 11.0. The van der Waals surface area contributed by atoms with Gasteiger partial charge < -0.3 is 14.7 Å². The summed E-state index contributed by atoms with van der Waals surface area (Å²) in [6.07, 6.45) is 1.26. The van der Waals surface area contributed by atoms with Gasteiger partial charge in [-0.1, -0.05) is 30.3 Å². The maximum absolute atomic E-state index is 12.5. The summed E-state index contributed by atoms with van der Waals surface area (Å²) in [4.78, 5) is 27.6. The van der Waals surface area contributed by atoms with Gasteiger partial charge >= 0.3 is 5.97 Å². The third-order valence-electron chi connectivity index (χ3n) is 4.42. The quantitative estimate of drug-likeness (QED) is 0.818. The number of aliphatic carboxylic acids is 1. The van der Waals surface area contributed by atoms with Crippen molar-refractivity contribution in [1.29, 1.82) is 0 Å². The molecule has 6 heteroatoms. The largest absolute Gasteiger partial charge is 0.480 e. The van der Waals surface area contributed by atoms with Crippen LogP contribution in [0.5, 0.6) is 0 Å². The molecular weight excluding hydrogens is 296 g/mol. The maximum Gasteiger partial charge on any atom is 0.326 e. The zero-order valence-corrected chi connectivity index (χ0v) is 13.7. The first-order valence-corrected chi connectivity index (χ1v) is 7.75. The molecule has 1 heterocycles. The highest BCUT2D eigenvalue weighted by atomic mass is 16.5. The lowest BCUT2D eigenvalue weighted by molar-refractivity contribution is -0.154. The molecule has 1 aliphatic rings. The van der Waals surface area contributed by atoms with Gasteiger partial charge in [0.05, 0.1) is 13.2 Å². The van der Waals surface area contributed by atoms with Gasteiger partial charge in [0.25, 0.3) is 0 Å². The zero-order chi connectivity index (χ0) is 16.9. The van der Waals surface area contributed by atoms with E-state index in [0.717, 1.165) is 12.0 Å². The summed E-state index contributed by atoms with van der Waals surface area (Å²) >= 11 is 0. The Morgan fingerprint density at radius 1 is 1.35 bits per heavy atom. The molecule has 126 valence electrons. The first kappa shape index (κ1) is 17.4. The molecule has 1 amide bonds. The second-order valence-electron chi connectivity index (χ2n) is 6.03. The number of carbonyl (C=O) groups excluding carboxylic acids is 1. The molecule has 2 rings (SSSR count). The molecule has 0 aromatic heterocycles. The predicted molar refractivity (Wildman–Crippen MR) is 86.0 cm³/mol. The number of carbonyl (C=O) groups is 2. The molecule has 0 spiro atoms. The Morgan fingerprint density at radius 2 is 2.04 bits per heavy atom. The molecule has 1 aromatic rings. The van der Waals surface area contributed by atoms with Crippen LogP contribution in [0, 0.1) is 0 Å². The molecule has 1 aromatic carbocycles. The van der Waals surface area contributed by atoms with Gasteiger partial charge in [0.2, 0.25) is 5.91 Å². The minimum Gasteiger partial charge on any atom is -0.480 e. The minimum atomic E-state index is -1.09. The normalized spacial score (nSPS) is 21.3. The van der Waals surface area contributed by atoms with Gasteiger partial charge in [0.1, 0.15) is 5.54 Å². The number of carboxylic acid groups (broad SMARTS) is 1. The fourth-order valence-corrected chi connectivity index (χ4v) is 3.10. The Bertz CT molecular complexity index is 549. The van der Waals surface area contributed by atoms with Crippen LogP contribution in [-0.2, 0) is 20.9 Å². The van der Waals surface area contributed by atoms with Gasteiger partial charge in [0.15, 0.2) is 0 Å². The van der Waals surface area contributed by atoms with Crippen molar-refractivity contribution in [3.63, 3.8) is 0 Å². The number of likely N-dealkylation sites (N-methyl/N-ethyl adjacent to an activating group) is 1. The number of nitrogens with zero attached hydrogens (tertiary/aromatic N) is 2. The van der Waals surface area contributed by atoms with Crippen molar-refractivity contribution in [3.8, 4) is 0 Å². The molecule has 1 atom stereocenters. The van der Waals surface area contributed by atoms with E-state index in [1.165, 1.54) is 7.11 Å². The third-order valence-corrected chi connectivity index (χ3v) is 4.42. The lowest BCUT2D eigenvalue weighted by atomic mass is 9.97. The van der Waals surface area contributed by atoms with Crippen molar-refractivity contribution in [3.05, 3.63) is 35.9 Å². The van der Waals surface area contributed by atoms with Gasteiger partial charge in [-0.3, -0.25) is 14.5 Å². The highest BCUT2D eigenvalue weighted by Gasteiger charge is 2.48. The molecule has 23 heavy (non-hydrogen) atoms. The summed E-state index contributed by atoms with van der Waals surface area (Å²) in [5.74, 6) is -1.01. The highest BCUT2D eigenvalue weighted by molar-refractivity contribution is 5.82. The summed E-state index contributed by atoms with van der Waals surface area (Å²) in [7, 11) is 3.23. The molecule has 1 N–H and O–H groups in total. The van der Waals surface area contributed by atoms with Gasteiger partial charge in [-0.05, 0) is 24.9 Å². The fraction of sp³-hybridized carbons (Fsp3) is 0.529. The number of hydrogen-bond acceptors (Lipinski definition) is 4. The number of ether oxygens (including phenoxy) is 1. The van der Waals surface area contributed by atoms with Crippen LogP contribution in [0.3, 0.4) is 0 Å². The van der Waals surface area contributed by atoms with Crippen molar-refractivity contribution < 1.29 is 19.4 Å². The molecular formula is C17H24N2O4. The summed E-state index contributed by atoms with van der Waals surface area (Å²) in [6, 6.07) is 9.73. The van der Waals surface area contributed by atoms with E-state index in [-0.39, 0.29) is 19.1 Å².